The summed E-state index contributed by atoms with van der Waals surface area (Å²) in [5, 5.41) is 7.21. The van der Waals surface area contributed by atoms with Gasteiger partial charge in [-0.2, -0.15) is 0 Å². The van der Waals surface area contributed by atoms with Gasteiger partial charge < -0.3 is 0 Å². The monoisotopic (exact) mass is 850 g/mol. The Labute approximate surface area is 327 Å². The van der Waals surface area contributed by atoms with E-state index in [1.807, 2.05) is 0 Å². The van der Waals surface area contributed by atoms with Gasteiger partial charge in [0.2, 0.25) is 0 Å². The average molecular weight is 850 g/mol. The fraction of sp³-hybridized carbons (Fsp3) is 0.619. The van der Waals surface area contributed by atoms with Crippen LogP contribution in [0.25, 0.3) is 0 Å². The van der Waals surface area contributed by atoms with Crippen LogP contribution in [0.2, 0.25) is 118 Å². The molecular formula is C42H74GeNOSi6. The first kappa shape index (κ1) is 43.1. The molecule has 0 spiro atoms. The van der Waals surface area contributed by atoms with Crippen LogP contribution in [0, 0.1) is 26.7 Å². The van der Waals surface area contributed by atoms with Crippen LogP contribution in [-0.2, 0) is 9.27 Å². The molecule has 0 saturated heterocycles. The van der Waals surface area contributed by atoms with E-state index < -0.39 is 67.9 Å². The van der Waals surface area contributed by atoms with Crippen molar-refractivity contribution in [1.82, 2.24) is 0 Å². The van der Waals surface area contributed by atoms with Gasteiger partial charge in [-0.3, -0.25) is 0 Å². The Morgan fingerprint density at radius 1 is 0.588 bits per heavy atom. The SMILES string of the molecule is Cc1cc(C)c(C2=NO[C]3(c4c(C([Si](C)(C)C)[Si](C)(C)C)cc(C([Si](C)(C)C)[Si](C)(C)C)cc4C([Si](C)(C)C)[Si](C)(C)C)[Ge]=[CH]C=CC23)c(C)c1. The molecule has 1 radical (unpaired) electrons. The standard InChI is InChI=1S/C42H74GeNOSi6/c1-29-25-30(2)36(31(3)26-29)38-35-23-22-24-43-42(35,45-44-38)37-33(40(48(10,11)12)49(13,14)15)27-32(39(46(4,5)6)47(7,8)9)28-34(37)41(50(16,17)18)51(19,20)21/h22-28,35,39-41H,1-21H3. The van der Waals surface area contributed by atoms with Crippen LogP contribution in [0.4, 0.5) is 0 Å². The van der Waals surface area contributed by atoms with Gasteiger partial charge in [-0.15, -0.1) is 0 Å². The van der Waals surface area contributed by atoms with Crippen molar-refractivity contribution in [2.24, 2.45) is 11.1 Å². The maximum absolute atomic E-state index is 7.35. The topological polar surface area (TPSA) is 21.6 Å². The van der Waals surface area contributed by atoms with E-state index in [9.17, 15) is 0 Å². The molecule has 281 valence electrons. The van der Waals surface area contributed by atoms with E-state index in [4.69, 9.17) is 9.99 Å². The number of aryl methyl sites for hydroxylation is 3. The van der Waals surface area contributed by atoms with Crippen LogP contribution in [-0.4, -0.2) is 74.0 Å². The number of hydrogen-bond donors (Lipinski definition) is 0. The van der Waals surface area contributed by atoms with Gasteiger partial charge in [-0.1, -0.05) is 0 Å². The number of allylic oxidation sites excluding steroid dienone is 1. The number of rotatable bonds is 11. The Bertz CT molecular complexity index is 1620. The third kappa shape index (κ3) is 8.62. The molecule has 2 atom stereocenters. The Hall–Kier alpha value is -0.636. The Morgan fingerprint density at radius 3 is 1.35 bits per heavy atom. The van der Waals surface area contributed by atoms with Crippen molar-refractivity contribution < 1.29 is 4.84 Å². The Balaban J connectivity index is 2.31. The van der Waals surface area contributed by atoms with Crippen molar-refractivity contribution in [3.05, 3.63) is 80.9 Å². The Morgan fingerprint density at radius 2 is 0.980 bits per heavy atom. The number of nitrogens with zero attached hydrogens (tertiary/aromatic N) is 1. The summed E-state index contributed by atoms with van der Waals surface area (Å²) >= 11 is -0.701. The minimum atomic E-state index is -1.71. The average Bonchev–Trinajstić information content (AvgIpc) is 3.22. The van der Waals surface area contributed by atoms with Crippen molar-refractivity contribution in [2.45, 2.75) is 159 Å². The van der Waals surface area contributed by atoms with E-state index in [1.54, 1.807) is 22.3 Å². The summed E-state index contributed by atoms with van der Waals surface area (Å²) in [6, 6.07) is 10.4. The van der Waals surface area contributed by atoms with Crippen molar-refractivity contribution in [2.75, 3.05) is 0 Å². The zero-order valence-corrected chi connectivity index (χ0v) is 44.8. The first-order valence-corrected chi connectivity index (χ1v) is 43.4. The molecule has 2 aromatic rings. The predicted octanol–water partition coefficient (Wildman–Crippen LogP) is 12.4. The second kappa shape index (κ2) is 14.1. The fourth-order valence-corrected chi connectivity index (χ4v) is 52.8. The van der Waals surface area contributed by atoms with Gasteiger partial charge >= 0.3 is 329 Å². The molecule has 2 aromatic carbocycles. The molecule has 0 fully saturated rings. The molecule has 0 saturated carbocycles. The van der Waals surface area contributed by atoms with E-state index >= 15 is 0 Å². The van der Waals surface area contributed by atoms with Gasteiger partial charge in [0.25, 0.3) is 0 Å². The molecule has 2 aliphatic heterocycles. The normalized spacial score (nSPS) is 20.4. The number of fused-ring (bicyclic) bond motifs is 1. The second-order valence-corrected chi connectivity index (χ2v) is 59.3. The van der Waals surface area contributed by atoms with E-state index in [2.05, 4.69) is 180 Å². The zero-order chi connectivity index (χ0) is 39.1. The van der Waals surface area contributed by atoms with Crippen LogP contribution in [0.15, 0.2) is 41.6 Å². The first-order chi connectivity index (χ1) is 22.8. The Kier molecular flexibility index (Phi) is 11.9. The maximum atomic E-state index is 7.35. The quantitative estimate of drug-likeness (QED) is 0.206. The molecule has 2 nitrogen and oxygen atoms in total. The van der Waals surface area contributed by atoms with Gasteiger partial charge in [-0.05, 0) is 0 Å². The summed E-state index contributed by atoms with van der Waals surface area (Å²) in [6.07, 6.45) is 4.86. The van der Waals surface area contributed by atoms with Gasteiger partial charge in [0.1, 0.15) is 0 Å². The molecule has 0 N–H and O–H groups in total. The van der Waals surface area contributed by atoms with E-state index in [1.165, 1.54) is 22.3 Å². The third-order valence-electron chi connectivity index (χ3n) is 11.4. The first-order valence-electron chi connectivity index (χ1n) is 19.6. The summed E-state index contributed by atoms with van der Waals surface area (Å²) < 4.78 is -0.417. The number of benzene rings is 2. The van der Waals surface area contributed by atoms with Crippen molar-refractivity contribution in [3.8, 4) is 0 Å². The molecule has 9 heteroatoms. The van der Waals surface area contributed by atoms with E-state index in [-0.39, 0.29) is 5.92 Å². The van der Waals surface area contributed by atoms with Crippen LogP contribution < -0.4 is 0 Å². The molecule has 2 aliphatic rings. The summed E-state index contributed by atoms with van der Waals surface area (Å²) in [5.41, 5.74) is 13.2. The van der Waals surface area contributed by atoms with Crippen molar-refractivity contribution in [1.29, 1.82) is 0 Å². The zero-order valence-electron chi connectivity index (χ0n) is 36.7. The van der Waals surface area contributed by atoms with Gasteiger partial charge in [0.05, 0.1) is 0 Å². The second-order valence-electron chi connectivity index (χ2n) is 22.8. The van der Waals surface area contributed by atoms with Crippen molar-refractivity contribution >= 4 is 74.0 Å². The van der Waals surface area contributed by atoms with Gasteiger partial charge in [-0.25, -0.2) is 0 Å². The van der Waals surface area contributed by atoms with Crippen LogP contribution in [0.3, 0.4) is 0 Å². The predicted molar refractivity (Wildman–Crippen MR) is 249 cm³/mol. The summed E-state index contributed by atoms with van der Waals surface area (Å²) in [6.45, 7) is 54.7. The van der Waals surface area contributed by atoms with Crippen molar-refractivity contribution in [3.63, 3.8) is 0 Å². The van der Waals surface area contributed by atoms with E-state index in [0.29, 0.717) is 15.5 Å². The molecule has 2 unspecified atom stereocenters. The van der Waals surface area contributed by atoms with Gasteiger partial charge in [0, 0.05) is 0 Å². The third-order valence-corrected chi connectivity index (χ3v) is 42.3. The molecule has 51 heavy (non-hydrogen) atoms. The molecule has 0 amide bonds. The number of hydrogen-bond acceptors (Lipinski definition) is 2. The summed E-state index contributed by atoms with van der Waals surface area (Å²) in [5.74, 6) is 0.128. The molecule has 4 rings (SSSR count). The van der Waals surface area contributed by atoms with Gasteiger partial charge in [0.15, 0.2) is 0 Å². The fourth-order valence-electron chi connectivity index (χ4n) is 11.7. The van der Waals surface area contributed by atoms with Crippen LogP contribution in [0.1, 0.15) is 60.0 Å². The molecule has 0 aromatic heterocycles. The number of oxime groups is 1. The summed E-state index contributed by atoms with van der Waals surface area (Å²) in [7, 11) is -9.99. The van der Waals surface area contributed by atoms with Crippen LogP contribution in [0.5, 0.6) is 0 Å². The molecular weight excluding hydrogens is 776 g/mol. The molecule has 0 aliphatic carbocycles. The van der Waals surface area contributed by atoms with Crippen LogP contribution >= 0.6 is 0 Å². The molecule has 2 heterocycles. The summed E-state index contributed by atoms with van der Waals surface area (Å²) in [4.78, 5) is 9.87. The van der Waals surface area contributed by atoms with E-state index in [0.717, 1.165) is 5.71 Å². The minimum absolute atomic E-state index is 0.128. The molecule has 0 bridgehead atoms.